The van der Waals surface area contributed by atoms with E-state index in [-0.39, 0.29) is 6.42 Å². The summed E-state index contributed by atoms with van der Waals surface area (Å²) in [5.41, 5.74) is 1.72. The van der Waals surface area contributed by atoms with Crippen LogP contribution in [0.5, 0.6) is 0 Å². The lowest BCUT2D eigenvalue weighted by Crippen LogP contribution is -1.80. The van der Waals surface area contributed by atoms with Gasteiger partial charge in [-0.2, -0.15) is 0 Å². The molecule has 0 aromatic carbocycles. The Labute approximate surface area is 81.2 Å². The predicted molar refractivity (Wildman–Crippen MR) is 53.7 cm³/mol. The van der Waals surface area contributed by atoms with Gasteiger partial charge in [-0.25, -0.2) is 4.98 Å². The van der Waals surface area contributed by atoms with Crippen molar-refractivity contribution in [1.82, 2.24) is 9.97 Å². The number of aromatic amines is 1. The molecule has 0 bridgehead atoms. The van der Waals surface area contributed by atoms with E-state index in [1.807, 2.05) is 18.3 Å². The minimum absolute atomic E-state index is 0.272. The molecule has 1 N–H and O–H groups in total. The SMILES string of the molecule is O=CCC#Cc1ccnc2[nH]ccc12. The fraction of sp³-hybridized carbons (Fsp3) is 0.0909. The van der Waals surface area contributed by atoms with Crippen LogP contribution in [0, 0.1) is 11.8 Å². The summed E-state index contributed by atoms with van der Waals surface area (Å²) in [5.74, 6) is 5.71. The van der Waals surface area contributed by atoms with Crippen LogP contribution in [0.1, 0.15) is 12.0 Å². The van der Waals surface area contributed by atoms with E-state index in [1.54, 1.807) is 6.20 Å². The van der Waals surface area contributed by atoms with Gasteiger partial charge in [-0.3, -0.25) is 0 Å². The molecule has 68 valence electrons. The van der Waals surface area contributed by atoms with Crippen molar-refractivity contribution >= 4 is 17.3 Å². The van der Waals surface area contributed by atoms with E-state index < -0.39 is 0 Å². The maximum atomic E-state index is 10.1. The second-order valence-corrected chi connectivity index (χ2v) is 2.77. The summed E-state index contributed by atoms with van der Waals surface area (Å²) in [6, 6.07) is 3.77. The summed E-state index contributed by atoms with van der Waals surface area (Å²) < 4.78 is 0. The Balaban J connectivity index is 2.47. The molecule has 3 heteroatoms. The average Bonchev–Trinajstić information content (AvgIpc) is 2.67. The van der Waals surface area contributed by atoms with E-state index in [4.69, 9.17) is 0 Å². The number of rotatable bonds is 1. The van der Waals surface area contributed by atoms with Gasteiger partial charge < -0.3 is 9.78 Å². The second-order valence-electron chi connectivity index (χ2n) is 2.77. The third-order valence-corrected chi connectivity index (χ3v) is 1.87. The zero-order valence-electron chi connectivity index (χ0n) is 7.45. The molecule has 0 amide bonds. The van der Waals surface area contributed by atoms with Crippen LogP contribution >= 0.6 is 0 Å². The smallest absolute Gasteiger partial charge is 0.138 e. The molecule has 14 heavy (non-hydrogen) atoms. The maximum absolute atomic E-state index is 10.1. The molecule has 0 aliphatic carbocycles. The molecule has 0 radical (unpaired) electrons. The minimum Gasteiger partial charge on any atom is -0.346 e. The lowest BCUT2D eigenvalue weighted by Gasteiger charge is -1.91. The summed E-state index contributed by atoms with van der Waals surface area (Å²) in [5, 5.41) is 0.992. The molecule has 3 nitrogen and oxygen atoms in total. The van der Waals surface area contributed by atoms with Gasteiger partial charge in [0.1, 0.15) is 11.9 Å². The van der Waals surface area contributed by atoms with E-state index in [0.29, 0.717) is 0 Å². The Morgan fingerprint density at radius 1 is 1.50 bits per heavy atom. The summed E-state index contributed by atoms with van der Waals surface area (Å²) in [6.45, 7) is 0. The average molecular weight is 184 g/mol. The molecule has 2 heterocycles. The van der Waals surface area contributed by atoms with E-state index in [0.717, 1.165) is 22.9 Å². The fourth-order valence-corrected chi connectivity index (χ4v) is 1.26. The van der Waals surface area contributed by atoms with Crippen LogP contribution in [0.15, 0.2) is 24.5 Å². The van der Waals surface area contributed by atoms with E-state index in [1.165, 1.54) is 0 Å². The first-order valence-corrected chi connectivity index (χ1v) is 4.26. The van der Waals surface area contributed by atoms with Crippen LogP contribution in [-0.4, -0.2) is 16.3 Å². The predicted octanol–water partition coefficient (Wildman–Crippen LogP) is 1.50. The van der Waals surface area contributed by atoms with Crippen molar-refractivity contribution in [2.75, 3.05) is 0 Å². The van der Waals surface area contributed by atoms with Crippen LogP contribution in [0.25, 0.3) is 11.0 Å². The largest absolute Gasteiger partial charge is 0.346 e. The van der Waals surface area contributed by atoms with Gasteiger partial charge in [-0.1, -0.05) is 11.8 Å². The van der Waals surface area contributed by atoms with Crippen LogP contribution in [0.4, 0.5) is 0 Å². The minimum atomic E-state index is 0.272. The number of aldehydes is 1. The van der Waals surface area contributed by atoms with Crippen molar-refractivity contribution in [3.05, 3.63) is 30.1 Å². The van der Waals surface area contributed by atoms with Gasteiger partial charge in [-0.05, 0) is 12.1 Å². The molecule has 2 aromatic heterocycles. The quantitative estimate of drug-likeness (QED) is 0.539. The normalized spacial score (nSPS) is 9.43. The van der Waals surface area contributed by atoms with Crippen molar-refractivity contribution < 1.29 is 4.79 Å². The number of aromatic nitrogens is 2. The van der Waals surface area contributed by atoms with E-state index in [2.05, 4.69) is 21.8 Å². The third-order valence-electron chi connectivity index (χ3n) is 1.87. The van der Waals surface area contributed by atoms with Crippen molar-refractivity contribution in [2.24, 2.45) is 0 Å². The first kappa shape index (κ1) is 8.52. The number of fused-ring (bicyclic) bond motifs is 1. The summed E-state index contributed by atoms with van der Waals surface area (Å²) in [6.07, 6.45) is 4.59. The Morgan fingerprint density at radius 3 is 3.29 bits per heavy atom. The van der Waals surface area contributed by atoms with Gasteiger partial charge in [0.2, 0.25) is 0 Å². The molecule has 2 rings (SSSR count). The monoisotopic (exact) mass is 184 g/mol. The molecule has 0 atom stereocenters. The number of hydrogen-bond donors (Lipinski definition) is 1. The first-order valence-electron chi connectivity index (χ1n) is 4.26. The number of pyridine rings is 1. The molecule has 0 saturated heterocycles. The molecule has 0 aliphatic heterocycles. The highest BCUT2D eigenvalue weighted by molar-refractivity contribution is 5.82. The molecular weight excluding hydrogens is 176 g/mol. The van der Waals surface area contributed by atoms with Gasteiger partial charge in [0, 0.05) is 23.3 Å². The lowest BCUT2D eigenvalue weighted by atomic mass is 10.2. The highest BCUT2D eigenvalue weighted by Gasteiger charge is 1.98. The number of hydrogen-bond acceptors (Lipinski definition) is 2. The first-order chi connectivity index (χ1) is 6.92. The van der Waals surface area contributed by atoms with Crippen molar-refractivity contribution in [2.45, 2.75) is 6.42 Å². The Kier molecular flexibility index (Phi) is 2.28. The zero-order chi connectivity index (χ0) is 9.80. The van der Waals surface area contributed by atoms with Gasteiger partial charge in [0.05, 0.1) is 6.42 Å². The van der Waals surface area contributed by atoms with Crippen LogP contribution < -0.4 is 0 Å². The van der Waals surface area contributed by atoms with Crippen molar-refractivity contribution in [3.8, 4) is 11.8 Å². The molecule has 0 saturated carbocycles. The van der Waals surface area contributed by atoms with Gasteiger partial charge >= 0.3 is 0 Å². The molecule has 0 aliphatic rings. The van der Waals surface area contributed by atoms with E-state index in [9.17, 15) is 4.79 Å². The zero-order valence-corrected chi connectivity index (χ0v) is 7.45. The van der Waals surface area contributed by atoms with Crippen LogP contribution in [0.3, 0.4) is 0 Å². The van der Waals surface area contributed by atoms with Crippen LogP contribution in [0.2, 0.25) is 0 Å². The number of carbonyl (C=O) groups excluding carboxylic acids is 1. The third kappa shape index (κ3) is 1.50. The summed E-state index contributed by atoms with van der Waals surface area (Å²) in [7, 11) is 0. The highest BCUT2D eigenvalue weighted by atomic mass is 16.1. The topological polar surface area (TPSA) is 45.8 Å². The van der Waals surface area contributed by atoms with Crippen molar-refractivity contribution in [3.63, 3.8) is 0 Å². The molecule has 0 unspecified atom stereocenters. The maximum Gasteiger partial charge on any atom is 0.138 e. The molecule has 0 fully saturated rings. The van der Waals surface area contributed by atoms with Crippen molar-refractivity contribution in [1.29, 1.82) is 0 Å². The number of H-pyrrole nitrogens is 1. The standard InChI is InChI=1S/C11H8N2O/c14-8-2-1-3-9-4-6-12-11-10(9)5-7-13-11/h4-8H,2H2,(H,12,13). The Morgan fingerprint density at radius 2 is 2.43 bits per heavy atom. The second kappa shape index (κ2) is 3.75. The number of nitrogens with one attached hydrogen (secondary N) is 1. The van der Waals surface area contributed by atoms with Gasteiger partial charge in [0.15, 0.2) is 0 Å². The number of carbonyl (C=O) groups is 1. The van der Waals surface area contributed by atoms with E-state index >= 15 is 0 Å². The highest BCUT2D eigenvalue weighted by Crippen LogP contribution is 2.13. The Bertz CT molecular complexity index is 517. The molecule has 2 aromatic rings. The van der Waals surface area contributed by atoms with Gasteiger partial charge in [0.25, 0.3) is 0 Å². The summed E-state index contributed by atoms with van der Waals surface area (Å²) in [4.78, 5) is 17.2. The fourth-order valence-electron chi connectivity index (χ4n) is 1.26. The molecule has 0 spiro atoms. The Hall–Kier alpha value is -2.08. The molecular formula is C11H8N2O. The summed E-state index contributed by atoms with van der Waals surface area (Å²) >= 11 is 0. The van der Waals surface area contributed by atoms with Gasteiger partial charge in [-0.15, -0.1) is 0 Å². The van der Waals surface area contributed by atoms with Crippen LogP contribution in [-0.2, 0) is 4.79 Å². The number of nitrogens with zero attached hydrogens (tertiary/aromatic N) is 1. The lowest BCUT2D eigenvalue weighted by molar-refractivity contribution is -0.107.